The van der Waals surface area contributed by atoms with Crippen molar-refractivity contribution in [1.82, 2.24) is 10.9 Å². The predicted molar refractivity (Wildman–Crippen MR) is 110 cm³/mol. The van der Waals surface area contributed by atoms with Crippen LogP contribution in [0.5, 0.6) is 0 Å². The van der Waals surface area contributed by atoms with Gasteiger partial charge in [-0.25, -0.2) is 0 Å². The first-order valence-corrected chi connectivity index (χ1v) is 10.7. The van der Waals surface area contributed by atoms with Gasteiger partial charge in [0.1, 0.15) is 0 Å². The van der Waals surface area contributed by atoms with Crippen LogP contribution in [0.2, 0.25) is 0 Å². The van der Waals surface area contributed by atoms with Gasteiger partial charge in [0.2, 0.25) is 0 Å². The average molecular weight is 440 g/mol. The molecule has 0 amide bonds. The molecule has 0 heterocycles. The molecule has 2 N–H and O–H groups in total. The van der Waals surface area contributed by atoms with Crippen LogP contribution in [0.3, 0.4) is 0 Å². The van der Waals surface area contributed by atoms with Crippen LogP contribution in [-0.2, 0) is 17.1 Å². The second kappa shape index (κ2) is 14.7. The van der Waals surface area contributed by atoms with Crippen LogP contribution in [0.4, 0.5) is 0 Å². The molecule has 2 rings (SSSR count). The molecule has 0 aromatic heterocycles. The van der Waals surface area contributed by atoms with E-state index >= 15 is 0 Å². The summed E-state index contributed by atoms with van der Waals surface area (Å²) < 4.78 is 1.51. The van der Waals surface area contributed by atoms with Gasteiger partial charge in [0.05, 0.1) is 0 Å². The van der Waals surface area contributed by atoms with E-state index in [9.17, 15) is 0 Å². The van der Waals surface area contributed by atoms with E-state index in [1.165, 1.54) is 60.6 Å². The Bertz CT molecular complexity index is 384. The molecule has 9 heteroatoms. The Labute approximate surface area is 169 Å². The van der Waals surface area contributed by atoms with Crippen LogP contribution < -0.4 is 10.9 Å². The van der Waals surface area contributed by atoms with Crippen molar-refractivity contribution >= 4 is 68.0 Å². The molecule has 0 bridgehead atoms. The van der Waals surface area contributed by atoms with E-state index in [4.69, 9.17) is 24.4 Å². The molecule has 0 aromatic rings. The van der Waals surface area contributed by atoms with Crippen molar-refractivity contribution in [3.63, 3.8) is 0 Å². The zero-order chi connectivity index (χ0) is 16.2. The van der Waals surface area contributed by atoms with E-state index in [0.717, 1.165) is 34.3 Å². The summed E-state index contributed by atoms with van der Waals surface area (Å²) in [4.78, 5) is 0. The summed E-state index contributed by atoms with van der Waals surface area (Å²) in [6.07, 6.45) is 13.6. The summed E-state index contributed by atoms with van der Waals surface area (Å²) in [7, 11) is 0. The van der Waals surface area contributed by atoms with Crippen molar-refractivity contribution in [1.29, 1.82) is 0 Å². The van der Waals surface area contributed by atoms with E-state index in [0.29, 0.717) is 0 Å². The van der Waals surface area contributed by atoms with Gasteiger partial charge in [0.25, 0.3) is 0 Å². The molecule has 0 atom stereocenters. The van der Waals surface area contributed by atoms with Gasteiger partial charge in [-0.3, -0.25) is 10.9 Å². The number of hydrogen-bond acceptors (Lipinski definition) is 6. The molecule has 2 aliphatic rings. The molecule has 0 spiro atoms. The first kappa shape index (κ1) is 23.3. The first-order valence-electron chi connectivity index (χ1n) is 7.44. The average Bonchev–Trinajstić information content (AvgIpc) is 3.24. The fraction of sp³-hybridized carbons (Fsp3) is 0.714. The fourth-order valence-corrected chi connectivity index (χ4v) is 2.50. The number of rotatable bonds is 2. The van der Waals surface area contributed by atoms with Gasteiger partial charge in [-0.1, -0.05) is 48.0 Å². The van der Waals surface area contributed by atoms with Crippen LogP contribution in [0.1, 0.15) is 51.4 Å². The van der Waals surface area contributed by atoms with Gasteiger partial charge in [-0.05, 0) is 63.9 Å². The normalized spacial score (nSPS) is 15.9. The third-order valence-electron chi connectivity index (χ3n) is 3.34. The maximum Gasteiger partial charge on any atom is 0.153 e. The summed E-state index contributed by atoms with van der Waals surface area (Å²) in [5, 5.41) is 8.40. The quantitative estimate of drug-likeness (QED) is 0.380. The van der Waals surface area contributed by atoms with Crippen LogP contribution in [0, 0.1) is 0 Å². The SMILES string of the molecule is CSC(=S)NN=C1CCCC1.CSC(=S)NN=C1CCCC1.[Cu]. The Balaban J connectivity index is 0.000000403. The molecule has 2 aliphatic carbocycles. The van der Waals surface area contributed by atoms with Crippen molar-refractivity contribution < 1.29 is 17.1 Å². The predicted octanol–water partition coefficient (Wildman–Crippen LogP) is 4.31. The maximum atomic E-state index is 4.93. The molecule has 0 aliphatic heterocycles. The Hall–Kier alpha value is 0.339. The monoisotopic (exact) mass is 439 g/mol. The number of thioether (sulfide) groups is 2. The Kier molecular flexibility index (Phi) is 14.9. The summed E-state index contributed by atoms with van der Waals surface area (Å²) >= 11 is 12.9. The van der Waals surface area contributed by atoms with Gasteiger partial charge in [0.15, 0.2) is 8.64 Å². The zero-order valence-electron chi connectivity index (χ0n) is 13.5. The molecule has 0 saturated heterocycles. The minimum Gasteiger partial charge on any atom is -0.262 e. The third-order valence-corrected chi connectivity index (χ3v) is 5.45. The summed E-state index contributed by atoms with van der Waals surface area (Å²) in [6.45, 7) is 0. The molecule has 4 nitrogen and oxygen atoms in total. The standard InChI is InChI=1S/2C7H12N2S2.Cu/c2*1-11-7(10)9-8-6-4-2-3-5-6;/h2*2-5H2,1H3,(H,9,10);. The van der Waals surface area contributed by atoms with Crippen molar-refractivity contribution in [3.8, 4) is 0 Å². The topological polar surface area (TPSA) is 48.8 Å². The van der Waals surface area contributed by atoms with E-state index in [-0.39, 0.29) is 17.1 Å². The van der Waals surface area contributed by atoms with E-state index in [1.54, 1.807) is 0 Å². The van der Waals surface area contributed by atoms with Crippen molar-refractivity contribution in [3.05, 3.63) is 0 Å². The second-order valence-corrected chi connectivity index (χ2v) is 7.94. The molecule has 2 saturated carbocycles. The summed E-state index contributed by atoms with van der Waals surface area (Å²) in [5.41, 5.74) is 8.24. The van der Waals surface area contributed by atoms with Gasteiger partial charge < -0.3 is 0 Å². The molecule has 2 fully saturated rings. The number of hydrogen-bond donors (Lipinski definition) is 2. The van der Waals surface area contributed by atoms with Crippen LogP contribution in [-0.4, -0.2) is 32.6 Å². The number of nitrogens with one attached hydrogen (secondary N) is 2. The summed E-state index contributed by atoms with van der Waals surface area (Å²) in [5.74, 6) is 0. The van der Waals surface area contributed by atoms with E-state index in [1.807, 2.05) is 12.5 Å². The Morgan fingerprint density at radius 1 is 0.783 bits per heavy atom. The molecule has 23 heavy (non-hydrogen) atoms. The minimum atomic E-state index is 0. The number of thiocarbonyl (C=S) groups is 2. The van der Waals surface area contributed by atoms with E-state index < -0.39 is 0 Å². The first-order chi connectivity index (χ1) is 10.7. The van der Waals surface area contributed by atoms with Gasteiger partial charge in [0, 0.05) is 28.5 Å². The number of nitrogens with zero attached hydrogens (tertiary/aromatic N) is 2. The van der Waals surface area contributed by atoms with Crippen molar-refractivity contribution in [2.45, 2.75) is 51.4 Å². The zero-order valence-corrected chi connectivity index (χ0v) is 17.7. The maximum absolute atomic E-state index is 4.93. The Morgan fingerprint density at radius 3 is 1.35 bits per heavy atom. The molecular formula is C14H24CuN4S4. The fourth-order valence-electron chi connectivity index (χ4n) is 2.13. The molecule has 0 unspecified atom stereocenters. The van der Waals surface area contributed by atoms with Gasteiger partial charge in [-0.2, -0.15) is 10.2 Å². The number of hydrazone groups is 2. The Morgan fingerprint density at radius 2 is 1.09 bits per heavy atom. The molecular weight excluding hydrogens is 416 g/mol. The van der Waals surface area contributed by atoms with Gasteiger partial charge in [-0.15, -0.1) is 0 Å². The molecule has 0 aromatic carbocycles. The smallest absolute Gasteiger partial charge is 0.153 e. The van der Waals surface area contributed by atoms with E-state index in [2.05, 4.69) is 21.1 Å². The van der Waals surface area contributed by atoms with Crippen LogP contribution in [0.15, 0.2) is 10.2 Å². The third kappa shape index (κ3) is 11.5. The molecule has 1 radical (unpaired) electrons. The van der Waals surface area contributed by atoms with Gasteiger partial charge >= 0.3 is 0 Å². The molecule has 135 valence electrons. The summed E-state index contributed by atoms with van der Waals surface area (Å²) in [6, 6.07) is 0. The van der Waals surface area contributed by atoms with Crippen molar-refractivity contribution in [2.75, 3.05) is 12.5 Å². The van der Waals surface area contributed by atoms with Crippen LogP contribution in [0.25, 0.3) is 0 Å². The van der Waals surface area contributed by atoms with Crippen LogP contribution >= 0.6 is 48.0 Å². The second-order valence-electron chi connectivity index (χ2n) is 4.98. The largest absolute Gasteiger partial charge is 0.262 e. The minimum absolute atomic E-state index is 0. The van der Waals surface area contributed by atoms with Crippen molar-refractivity contribution in [2.24, 2.45) is 10.2 Å².